The molecule has 1 aliphatic carbocycles. The van der Waals surface area contributed by atoms with E-state index in [4.69, 9.17) is 9.47 Å². The normalized spacial score (nSPS) is 22.1. The molecule has 2 N–H and O–H groups in total. The quantitative estimate of drug-likeness (QED) is 0.665. The molecule has 0 radical (unpaired) electrons. The molecule has 2 aliphatic heterocycles. The lowest BCUT2D eigenvalue weighted by Crippen LogP contribution is -2.43. The Labute approximate surface area is 198 Å². The summed E-state index contributed by atoms with van der Waals surface area (Å²) in [7, 11) is 0. The van der Waals surface area contributed by atoms with E-state index in [1.165, 1.54) is 24.0 Å². The number of ether oxygens (including phenoxy) is 2. The van der Waals surface area contributed by atoms with E-state index in [0.717, 1.165) is 23.3 Å². The summed E-state index contributed by atoms with van der Waals surface area (Å²) >= 11 is 0. The highest BCUT2D eigenvalue weighted by molar-refractivity contribution is 6.09. The predicted octanol–water partition coefficient (Wildman–Crippen LogP) is 2.98. The second-order valence-electron chi connectivity index (χ2n) is 9.33. The molecular weight excluding hydrogens is 434 g/mol. The van der Waals surface area contributed by atoms with Crippen LogP contribution in [0.5, 0.6) is 11.5 Å². The van der Waals surface area contributed by atoms with Gasteiger partial charge in [-0.3, -0.25) is 14.5 Å². The summed E-state index contributed by atoms with van der Waals surface area (Å²) in [6.07, 6.45) is 4.57. The molecule has 178 valence electrons. The first-order valence-electron chi connectivity index (χ1n) is 11.8. The Morgan fingerprint density at radius 1 is 1.06 bits per heavy atom. The van der Waals surface area contributed by atoms with E-state index >= 15 is 0 Å². The van der Waals surface area contributed by atoms with Crippen LogP contribution in [0.2, 0.25) is 0 Å². The molecular formula is C26H29N3O5. The van der Waals surface area contributed by atoms with Crippen molar-refractivity contribution in [3.8, 4) is 11.5 Å². The van der Waals surface area contributed by atoms with Gasteiger partial charge < -0.3 is 20.1 Å². The van der Waals surface area contributed by atoms with Crippen LogP contribution in [0, 0.1) is 0 Å². The van der Waals surface area contributed by atoms with Crippen LogP contribution in [0.15, 0.2) is 36.4 Å². The number of nitrogens with one attached hydrogen (secondary N) is 2. The number of hydrogen-bond acceptors (Lipinski definition) is 5. The Kier molecular flexibility index (Phi) is 5.67. The molecule has 5 rings (SSSR count). The molecule has 8 heteroatoms. The number of nitrogens with zero attached hydrogens (tertiary/aromatic N) is 1. The molecule has 0 bridgehead atoms. The van der Waals surface area contributed by atoms with Crippen molar-refractivity contribution in [3.05, 3.63) is 58.7 Å². The number of rotatable bonds is 5. The number of aryl methyl sites for hydroxylation is 2. The van der Waals surface area contributed by atoms with Crippen molar-refractivity contribution in [1.82, 2.24) is 15.5 Å². The van der Waals surface area contributed by atoms with Crippen molar-refractivity contribution in [3.63, 3.8) is 0 Å². The maximum absolute atomic E-state index is 13.2. The van der Waals surface area contributed by atoms with Gasteiger partial charge in [0.1, 0.15) is 25.3 Å². The molecule has 1 saturated heterocycles. The Morgan fingerprint density at radius 2 is 1.79 bits per heavy atom. The van der Waals surface area contributed by atoms with Crippen LogP contribution in [0.1, 0.15) is 55.0 Å². The van der Waals surface area contributed by atoms with Gasteiger partial charge in [0.15, 0.2) is 11.5 Å². The highest BCUT2D eigenvalue weighted by Gasteiger charge is 2.49. The number of fused-ring (bicyclic) bond motifs is 2. The molecule has 2 aromatic carbocycles. The molecule has 0 unspecified atom stereocenters. The van der Waals surface area contributed by atoms with Crippen molar-refractivity contribution < 1.29 is 23.9 Å². The van der Waals surface area contributed by atoms with Gasteiger partial charge >= 0.3 is 6.03 Å². The monoisotopic (exact) mass is 463 g/mol. The first-order valence-corrected chi connectivity index (χ1v) is 11.8. The Morgan fingerprint density at radius 3 is 2.59 bits per heavy atom. The Balaban J connectivity index is 1.27. The van der Waals surface area contributed by atoms with E-state index in [1.54, 1.807) is 25.1 Å². The van der Waals surface area contributed by atoms with E-state index in [-0.39, 0.29) is 18.5 Å². The SMILES string of the molecule is C[C@@H](NC(=O)CN1C(=O)N[C@@](C)(c2ccc3c(c2)OCCO3)C1=O)c1ccc2c(c1)CCCC2. The van der Waals surface area contributed by atoms with Crippen LogP contribution in [0.3, 0.4) is 0 Å². The lowest BCUT2D eigenvalue weighted by molar-refractivity contribution is -0.135. The third-order valence-corrected chi connectivity index (χ3v) is 6.95. The zero-order valence-corrected chi connectivity index (χ0v) is 19.5. The van der Waals surface area contributed by atoms with Gasteiger partial charge in [-0.05, 0) is 73.9 Å². The standard InChI is InChI=1S/C26H29N3O5/c1-16(18-8-7-17-5-3-4-6-19(17)13-18)27-23(30)15-29-24(31)26(2,28-25(29)32)20-9-10-21-22(14-20)34-12-11-33-21/h7-10,13-14,16H,3-6,11-12,15H2,1-2H3,(H,27,30)(H,28,32)/t16-,26+/m1/s1. The van der Waals surface area contributed by atoms with Gasteiger partial charge in [0.2, 0.25) is 5.91 Å². The van der Waals surface area contributed by atoms with Crippen LogP contribution >= 0.6 is 0 Å². The fraction of sp³-hybridized carbons (Fsp3) is 0.423. The van der Waals surface area contributed by atoms with Crippen molar-refractivity contribution in [2.75, 3.05) is 19.8 Å². The molecule has 3 aliphatic rings. The number of benzene rings is 2. The summed E-state index contributed by atoms with van der Waals surface area (Å²) < 4.78 is 11.2. The van der Waals surface area contributed by atoms with Crippen molar-refractivity contribution in [2.45, 2.75) is 51.1 Å². The van der Waals surface area contributed by atoms with E-state index in [0.29, 0.717) is 30.3 Å². The minimum absolute atomic E-state index is 0.232. The van der Waals surface area contributed by atoms with Crippen LogP contribution in [0.25, 0.3) is 0 Å². The zero-order valence-electron chi connectivity index (χ0n) is 19.5. The van der Waals surface area contributed by atoms with Crippen molar-refractivity contribution in [1.29, 1.82) is 0 Å². The summed E-state index contributed by atoms with van der Waals surface area (Å²) in [6.45, 7) is 4.08. The summed E-state index contributed by atoms with van der Waals surface area (Å²) in [5.41, 5.74) is 3.02. The number of hydrogen-bond donors (Lipinski definition) is 2. The first-order chi connectivity index (χ1) is 16.3. The number of carbonyl (C=O) groups is 3. The minimum atomic E-state index is -1.29. The average molecular weight is 464 g/mol. The highest BCUT2D eigenvalue weighted by Crippen LogP contribution is 2.36. The summed E-state index contributed by atoms with van der Waals surface area (Å²) in [5, 5.41) is 5.67. The van der Waals surface area contributed by atoms with Gasteiger partial charge in [-0.25, -0.2) is 4.79 Å². The fourth-order valence-corrected chi connectivity index (χ4v) is 4.93. The summed E-state index contributed by atoms with van der Waals surface area (Å²) in [5.74, 6) is 0.260. The van der Waals surface area contributed by atoms with Crippen molar-refractivity contribution in [2.24, 2.45) is 0 Å². The third kappa shape index (κ3) is 3.97. The minimum Gasteiger partial charge on any atom is -0.486 e. The lowest BCUT2D eigenvalue weighted by atomic mass is 9.89. The van der Waals surface area contributed by atoms with Gasteiger partial charge in [-0.2, -0.15) is 0 Å². The fourth-order valence-electron chi connectivity index (χ4n) is 4.93. The molecule has 0 aromatic heterocycles. The number of amides is 4. The van der Waals surface area contributed by atoms with Crippen LogP contribution in [0.4, 0.5) is 4.79 Å². The molecule has 4 amide bonds. The smallest absolute Gasteiger partial charge is 0.325 e. The average Bonchev–Trinajstić information content (AvgIpc) is 3.07. The van der Waals surface area contributed by atoms with Crippen LogP contribution in [-0.4, -0.2) is 42.5 Å². The molecule has 1 fully saturated rings. The second kappa shape index (κ2) is 8.66. The molecule has 34 heavy (non-hydrogen) atoms. The maximum Gasteiger partial charge on any atom is 0.325 e. The summed E-state index contributed by atoms with van der Waals surface area (Å²) in [6, 6.07) is 10.7. The van der Waals surface area contributed by atoms with Gasteiger partial charge in [-0.15, -0.1) is 0 Å². The number of imide groups is 1. The molecule has 0 spiro atoms. The highest BCUT2D eigenvalue weighted by atomic mass is 16.6. The molecule has 0 saturated carbocycles. The molecule has 8 nitrogen and oxygen atoms in total. The second-order valence-corrected chi connectivity index (χ2v) is 9.33. The Hall–Kier alpha value is -3.55. The molecule has 2 aromatic rings. The van der Waals surface area contributed by atoms with E-state index < -0.39 is 17.5 Å². The van der Waals surface area contributed by atoms with E-state index in [1.807, 2.05) is 13.0 Å². The number of urea groups is 1. The maximum atomic E-state index is 13.2. The van der Waals surface area contributed by atoms with E-state index in [9.17, 15) is 14.4 Å². The van der Waals surface area contributed by atoms with Gasteiger partial charge in [0, 0.05) is 0 Å². The van der Waals surface area contributed by atoms with Crippen LogP contribution in [-0.2, 0) is 28.0 Å². The molecule has 2 atom stereocenters. The van der Waals surface area contributed by atoms with Gasteiger partial charge in [0.05, 0.1) is 6.04 Å². The predicted molar refractivity (Wildman–Crippen MR) is 125 cm³/mol. The largest absolute Gasteiger partial charge is 0.486 e. The first kappa shape index (κ1) is 22.3. The van der Waals surface area contributed by atoms with Crippen molar-refractivity contribution >= 4 is 17.8 Å². The summed E-state index contributed by atoms with van der Waals surface area (Å²) in [4.78, 5) is 39.7. The Bertz CT molecular complexity index is 1160. The van der Waals surface area contributed by atoms with E-state index in [2.05, 4.69) is 22.8 Å². The topological polar surface area (TPSA) is 97.0 Å². The van der Waals surface area contributed by atoms with Gasteiger partial charge in [-0.1, -0.05) is 24.3 Å². The lowest BCUT2D eigenvalue weighted by Gasteiger charge is -2.25. The third-order valence-electron chi connectivity index (χ3n) is 6.95. The number of carbonyl (C=O) groups excluding carboxylic acids is 3. The zero-order chi connectivity index (χ0) is 23.9. The van der Waals surface area contributed by atoms with Gasteiger partial charge in [0.25, 0.3) is 5.91 Å². The van der Waals surface area contributed by atoms with Crippen LogP contribution < -0.4 is 20.1 Å². The molecule has 2 heterocycles.